The van der Waals surface area contributed by atoms with Gasteiger partial charge in [0.2, 0.25) is 0 Å². The third-order valence-corrected chi connectivity index (χ3v) is 4.99. The number of tetrazole rings is 1. The number of carbonyl (C=O) groups is 1. The summed E-state index contributed by atoms with van der Waals surface area (Å²) in [7, 11) is 0. The maximum absolute atomic E-state index is 13.1. The van der Waals surface area contributed by atoms with Crippen molar-refractivity contribution in [2.45, 2.75) is 38.0 Å². The van der Waals surface area contributed by atoms with Crippen LogP contribution in [0.2, 0.25) is 0 Å². The molecule has 0 bridgehead atoms. The summed E-state index contributed by atoms with van der Waals surface area (Å²) in [6.07, 6.45) is 1.91. The lowest BCUT2D eigenvalue weighted by Gasteiger charge is -2.31. The topological polar surface area (TPSA) is 84.0 Å². The van der Waals surface area contributed by atoms with Crippen molar-refractivity contribution in [2.75, 3.05) is 19.7 Å². The molecule has 126 valence electrons. The van der Waals surface area contributed by atoms with Crippen molar-refractivity contribution in [1.29, 1.82) is 0 Å². The van der Waals surface area contributed by atoms with Crippen LogP contribution in [0.1, 0.15) is 54.4 Å². The van der Waals surface area contributed by atoms with Crippen molar-refractivity contribution in [3.63, 3.8) is 0 Å². The maximum Gasteiger partial charge on any atom is 0.257 e. The molecule has 1 fully saturated rings. The van der Waals surface area contributed by atoms with E-state index in [2.05, 4.69) is 40.5 Å². The normalized spacial score (nSPS) is 22.1. The van der Waals surface area contributed by atoms with Gasteiger partial charge in [-0.05, 0) is 18.9 Å². The van der Waals surface area contributed by atoms with Gasteiger partial charge in [0, 0.05) is 30.0 Å². The smallest absolute Gasteiger partial charge is 0.257 e. The van der Waals surface area contributed by atoms with Crippen LogP contribution in [-0.2, 0) is 5.41 Å². The number of aromatic nitrogens is 4. The largest absolute Gasteiger partial charge is 0.492 e. The number of ether oxygens (including phenoxy) is 1. The molecule has 1 N–H and O–H groups in total. The molecule has 2 aliphatic heterocycles. The first-order valence-electron chi connectivity index (χ1n) is 8.35. The number of carbonyl (C=O) groups excluding carboxylic acids is 1. The number of nitrogens with one attached hydrogen (secondary N) is 1. The van der Waals surface area contributed by atoms with Gasteiger partial charge < -0.3 is 9.64 Å². The van der Waals surface area contributed by atoms with Crippen LogP contribution in [-0.4, -0.2) is 51.1 Å². The van der Waals surface area contributed by atoms with E-state index in [-0.39, 0.29) is 17.2 Å². The van der Waals surface area contributed by atoms with Crippen LogP contribution in [0.25, 0.3) is 0 Å². The molecule has 0 saturated carbocycles. The minimum absolute atomic E-state index is 0.0257. The van der Waals surface area contributed by atoms with E-state index in [1.54, 1.807) is 0 Å². The summed E-state index contributed by atoms with van der Waals surface area (Å²) >= 11 is 0. The summed E-state index contributed by atoms with van der Waals surface area (Å²) < 4.78 is 5.87. The van der Waals surface area contributed by atoms with Gasteiger partial charge in [0.05, 0.1) is 12.2 Å². The van der Waals surface area contributed by atoms with Crippen LogP contribution in [0.5, 0.6) is 5.75 Å². The predicted molar refractivity (Wildman–Crippen MR) is 87.0 cm³/mol. The average Bonchev–Trinajstić information content (AvgIpc) is 3.23. The molecule has 1 aromatic heterocycles. The van der Waals surface area contributed by atoms with Gasteiger partial charge in [0.1, 0.15) is 5.75 Å². The molecule has 1 unspecified atom stereocenters. The molecule has 1 aromatic carbocycles. The number of piperidine rings is 1. The first-order chi connectivity index (χ1) is 11.6. The highest BCUT2D eigenvalue weighted by Gasteiger charge is 2.36. The summed E-state index contributed by atoms with van der Waals surface area (Å²) in [5.74, 6) is 1.59. The lowest BCUT2D eigenvalue weighted by molar-refractivity contribution is 0.0700. The van der Waals surface area contributed by atoms with Crippen LogP contribution in [0, 0.1) is 0 Å². The van der Waals surface area contributed by atoms with Crippen molar-refractivity contribution in [3.8, 4) is 5.75 Å². The molecular weight excluding hydrogens is 306 g/mol. The van der Waals surface area contributed by atoms with Crippen molar-refractivity contribution in [1.82, 2.24) is 25.5 Å². The van der Waals surface area contributed by atoms with Crippen LogP contribution < -0.4 is 4.74 Å². The molecule has 3 heterocycles. The zero-order chi connectivity index (χ0) is 16.7. The molecule has 1 amide bonds. The zero-order valence-corrected chi connectivity index (χ0v) is 14.0. The van der Waals surface area contributed by atoms with E-state index in [1.165, 1.54) is 0 Å². The number of benzene rings is 1. The molecule has 4 rings (SSSR count). The maximum atomic E-state index is 13.1. The number of hydrogen-bond donors (Lipinski definition) is 1. The second kappa shape index (κ2) is 5.58. The van der Waals surface area contributed by atoms with Crippen molar-refractivity contribution in [3.05, 3.63) is 35.2 Å². The van der Waals surface area contributed by atoms with E-state index in [1.807, 2.05) is 17.0 Å². The molecule has 0 aliphatic carbocycles. The van der Waals surface area contributed by atoms with E-state index >= 15 is 0 Å². The lowest BCUT2D eigenvalue weighted by atomic mass is 9.86. The average molecular weight is 327 g/mol. The van der Waals surface area contributed by atoms with Gasteiger partial charge in [-0.1, -0.05) is 31.2 Å². The molecule has 0 radical (unpaired) electrons. The fourth-order valence-corrected chi connectivity index (χ4v) is 3.61. The summed E-state index contributed by atoms with van der Waals surface area (Å²) in [6.45, 7) is 6.25. The Morgan fingerprint density at radius 3 is 3.08 bits per heavy atom. The SMILES string of the molecule is CC1(C)COc2c(C(=O)N3CCCC(c4nn[nH]n4)C3)cccc21. The Balaban J connectivity index is 1.60. The van der Waals surface area contributed by atoms with E-state index in [4.69, 9.17) is 4.74 Å². The molecule has 2 aliphatic rings. The van der Waals surface area contributed by atoms with Gasteiger partial charge in [-0.2, -0.15) is 5.21 Å². The third-order valence-electron chi connectivity index (χ3n) is 4.99. The van der Waals surface area contributed by atoms with Crippen molar-refractivity contribution in [2.24, 2.45) is 0 Å². The number of aromatic amines is 1. The Morgan fingerprint density at radius 1 is 1.42 bits per heavy atom. The van der Waals surface area contributed by atoms with E-state index in [0.717, 1.165) is 30.7 Å². The number of nitrogens with zero attached hydrogens (tertiary/aromatic N) is 4. The third kappa shape index (κ3) is 2.44. The van der Waals surface area contributed by atoms with Crippen LogP contribution in [0.15, 0.2) is 18.2 Å². The van der Waals surface area contributed by atoms with E-state index in [9.17, 15) is 4.79 Å². The van der Waals surface area contributed by atoms with Crippen LogP contribution in [0.4, 0.5) is 0 Å². The fraction of sp³-hybridized carbons (Fsp3) is 0.529. The molecule has 7 heteroatoms. The molecule has 2 aromatic rings. The van der Waals surface area contributed by atoms with Crippen LogP contribution in [0.3, 0.4) is 0 Å². The Hall–Kier alpha value is -2.44. The van der Waals surface area contributed by atoms with Gasteiger partial charge >= 0.3 is 0 Å². The van der Waals surface area contributed by atoms with Crippen molar-refractivity contribution < 1.29 is 9.53 Å². The number of likely N-dealkylation sites (tertiary alicyclic amines) is 1. The Bertz CT molecular complexity index is 756. The molecule has 1 saturated heterocycles. The molecular formula is C17H21N5O2. The number of fused-ring (bicyclic) bond motifs is 1. The van der Waals surface area contributed by atoms with Gasteiger partial charge in [-0.25, -0.2) is 0 Å². The Morgan fingerprint density at radius 2 is 2.29 bits per heavy atom. The fourth-order valence-electron chi connectivity index (χ4n) is 3.61. The first kappa shape index (κ1) is 15.1. The molecule has 7 nitrogen and oxygen atoms in total. The Kier molecular flexibility index (Phi) is 3.51. The summed E-state index contributed by atoms with van der Waals surface area (Å²) in [5, 5.41) is 14.3. The number of rotatable bonds is 2. The highest BCUT2D eigenvalue weighted by molar-refractivity contribution is 5.97. The standard InChI is InChI=1S/C17H21N5O2/c1-17(2)10-24-14-12(6-3-7-13(14)17)16(23)22-8-4-5-11(9-22)15-18-20-21-19-15/h3,6-7,11H,4-5,8-10H2,1-2H3,(H,18,19,20,21). The molecule has 24 heavy (non-hydrogen) atoms. The van der Waals surface area contributed by atoms with E-state index in [0.29, 0.717) is 24.5 Å². The monoisotopic (exact) mass is 327 g/mol. The predicted octanol–water partition coefficient (Wildman–Crippen LogP) is 1.89. The summed E-state index contributed by atoms with van der Waals surface area (Å²) in [5.41, 5.74) is 1.72. The first-order valence-corrected chi connectivity index (χ1v) is 8.35. The number of H-pyrrole nitrogens is 1. The van der Waals surface area contributed by atoms with E-state index < -0.39 is 0 Å². The lowest BCUT2D eigenvalue weighted by Crippen LogP contribution is -2.39. The molecule has 1 atom stereocenters. The Labute approximate surface area is 140 Å². The highest BCUT2D eigenvalue weighted by Crippen LogP contribution is 2.41. The number of hydrogen-bond acceptors (Lipinski definition) is 5. The minimum atomic E-state index is -0.0549. The minimum Gasteiger partial charge on any atom is -0.492 e. The van der Waals surface area contributed by atoms with Gasteiger partial charge in [-0.3, -0.25) is 4.79 Å². The van der Waals surface area contributed by atoms with Gasteiger partial charge in [0.15, 0.2) is 5.82 Å². The van der Waals surface area contributed by atoms with Gasteiger partial charge in [0.25, 0.3) is 5.91 Å². The highest BCUT2D eigenvalue weighted by atomic mass is 16.5. The summed E-state index contributed by atoms with van der Waals surface area (Å²) in [4.78, 5) is 15.0. The van der Waals surface area contributed by atoms with Crippen LogP contribution >= 0.6 is 0 Å². The van der Waals surface area contributed by atoms with Gasteiger partial charge in [-0.15, -0.1) is 10.2 Å². The second-order valence-corrected chi connectivity index (χ2v) is 7.22. The summed E-state index contributed by atoms with van der Waals surface area (Å²) in [6, 6.07) is 5.86. The second-order valence-electron chi connectivity index (χ2n) is 7.22. The quantitative estimate of drug-likeness (QED) is 0.910. The number of para-hydroxylation sites is 1. The molecule has 0 spiro atoms. The zero-order valence-electron chi connectivity index (χ0n) is 14.0. The number of amides is 1. The van der Waals surface area contributed by atoms with Crippen molar-refractivity contribution >= 4 is 5.91 Å².